The molecule has 0 saturated carbocycles. The van der Waals surface area contributed by atoms with Gasteiger partial charge in [-0.2, -0.15) is 0 Å². The smallest absolute Gasteiger partial charge is 0.229 e. The molecule has 1 amide bonds. The first-order chi connectivity index (χ1) is 9.74. The SMILES string of the molecule is O=C(Cc1cccs1)N1CCSC1c1cccc(Cl)c1. The molecule has 0 bridgehead atoms. The summed E-state index contributed by atoms with van der Waals surface area (Å²) in [6.45, 7) is 0.812. The zero-order valence-corrected chi connectivity index (χ0v) is 13.2. The Balaban J connectivity index is 1.77. The van der Waals surface area contributed by atoms with Crippen molar-refractivity contribution >= 4 is 40.6 Å². The Morgan fingerprint density at radius 3 is 3.00 bits per heavy atom. The van der Waals surface area contributed by atoms with Gasteiger partial charge in [-0.05, 0) is 29.1 Å². The number of rotatable bonds is 3. The van der Waals surface area contributed by atoms with Crippen LogP contribution in [0.3, 0.4) is 0 Å². The van der Waals surface area contributed by atoms with Gasteiger partial charge in [0.15, 0.2) is 0 Å². The number of amides is 1. The first-order valence-corrected chi connectivity index (χ1v) is 8.73. The van der Waals surface area contributed by atoms with Crippen LogP contribution in [-0.4, -0.2) is 23.1 Å². The molecule has 20 heavy (non-hydrogen) atoms. The molecule has 1 aromatic carbocycles. The summed E-state index contributed by atoms with van der Waals surface area (Å²) in [7, 11) is 0. The lowest BCUT2D eigenvalue weighted by atomic mass is 10.2. The minimum absolute atomic E-state index is 0.0983. The van der Waals surface area contributed by atoms with Crippen LogP contribution in [0.4, 0.5) is 0 Å². The van der Waals surface area contributed by atoms with Gasteiger partial charge in [0, 0.05) is 22.2 Å². The van der Waals surface area contributed by atoms with Gasteiger partial charge < -0.3 is 4.90 Å². The molecule has 1 fully saturated rings. The van der Waals surface area contributed by atoms with E-state index in [0.29, 0.717) is 6.42 Å². The lowest BCUT2D eigenvalue weighted by molar-refractivity contribution is -0.130. The van der Waals surface area contributed by atoms with Gasteiger partial charge in [-0.25, -0.2) is 0 Å². The molecule has 1 atom stereocenters. The summed E-state index contributed by atoms with van der Waals surface area (Å²) in [5.41, 5.74) is 1.11. The van der Waals surface area contributed by atoms with E-state index >= 15 is 0 Å². The Kier molecular flexibility index (Phi) is 4.34. The van der Waals surface area contributed by atoms with Crippen molar-refractivity contribution in [1.82, 2.24) is 4.90 Å². The van der Waals surface area contributed by atoms with Crippen LogP contribution in [0.5, 0.6) is 0 Å². The quantitative estimate of drug-likeness (QED) is 0.843. The van der Waals surface area contributed by atoms with E-state index in [-0.39, 0.29) is 11.3 Å². The molecular weight excluding hydrogens is 310 g/mol. The van der Waals surface area contributed by atoms with Crippen molar-refractivity contribution in [3.63, 3.8) is 0 Å². The van der Waals surface area contributed by atoms with Crippen molar-refractivity contribution in [2.75, 3.05) is 12.3 Å². The minimum Gasteiger partial charge on any atom is -0.325 e. The summed E-state index contributed by atoms with van der Waals surface area (Å²) < 4.78 is 0. The third-order valence-corrected chi connectivity index (χ3v) is 5.62. The van der Waals surface area contributed by atoms with Gasteiger partial charge >= 0.3 is 0 Å². The molecule has 1 aliphatic heterocycles. The van der Waals surface area contributed by atoms with Crippen molar-refractivity contribution in [3.8, 4) is 0 Å². The van der Waals surface area contributed by atoms with Crippen LogP contribution in [0.1, 0.15) is 15.8 Å². The summed E-state index contributed by atoms with van der Waals surface area (Å²) in [5.74, 6) is 1.18. The molecule has 0 radical (unpaired) electrons. The van der Waals surface area contributed by atoms with Crippen molar-refractivity contribution in [2.24, 2.45) is 0 Å². The summed E-state index contributed by atoms with van der Waals surface area (Å²) in [6, 6.07) is 11.8. The highest BCUT2D eigenvalue weighted by molar-refractivity contribution is 7.99. The van der Waals surface area contributed by atoms with Gasteiger partial charge in [-0.1, -0.05) is 29.8 Å². The number of hydrogen-bond donors (Lipinski definition) is 0. The Bertz CT molecular complexity index is 600. The Hall–Kier alpha value is -0.970. The van der Waals surface area contributed by atoms with E-state index in [1.54, 1.807) is 23.1 Å². The van der Waals surface area contributed by atoms with Gasteiger partial charge in [-0.3, -0.25) is 4.79 Å². The molecule has 104 valence electrons. The summed E-state index contributed by atoms with van der Waals surface area (Å²) in [5, 5.41) is 2.83. The Labute approximate surface area is 131 Å². The molecule has 2 nitrogen and oxygen atoms in total. The van der Waals surface area contributed by atoms with E-state index < -0.39 is 0 Å². The second-order valence-corrected chi connectivity index (χ2v) is 7.28. The monoisotopic (exact) mass is 323 g/mol. The lowest BCUT2D eigenvalue weighted by Gasteiger charge is -2.24. The number of halogens is 1. The van der Waals surface area contributed by atoms with Crippen molar-refractivity contribution in [1.29, 1.82) is 0 Å². The highest BCUT2D eigenvalue weighted by Crippen LogP contribution is 2.38. The summed E-state index contributed by atoms with van der Waals surface area (Å²) >= 11 is 9.49. The number of thiophene rings is 1. The van der Waals surface area contributed by atoms with Crippen LogP contribution in [-0.2, 0) is 11.2 Å². The van der Waals surface area contributed by atoms with Gasteiger partial charge in [0.25, 0.3) is 0 Å². The fourth-order valence-corrected chi connectivity index (χ4v) is 4.49. The average molecular weight is 324 g/mol. The average Bonchev–Trinajstić information content (AvgIpc) is 3.09. The predicted molar refractivity (Wildman–Crippen MR) is 86.4 cm³/mol. The number of thioether (sulfide) groups is 1. The van der Waals surface area contributed by atoms with Crippen LogP contribution in [0.2, 0.25) is 5.02 Å². The maximum absolute atomic E-state index is 12.5. The molecule has 1 saturated heterocycles. The fourth-order valence-electron chi connectivity index (χ4n) is 2.33. The van der Waals surface area contributed by atoms with Crippen molar-refractivity contribution in [2.45, 2.75) is 11.8 Å². The highest BCUT2D eigenvalue weighted by atomic mass is 35.5. The number of carbonyl (C=O) groups excluding carboxylic acids is 1. The summed E-state index contributed by atoms with van der Waals surface area (Å²) in [6.07, 6.45) is 0.495. The van der Waals surface area contributed by atoms with E-state index in [1.165, 1.54) is 0 Å². The molecule has 1 unspecified atom stereocenters. The molecular formula is C15H14ClNOS2. The van der Waals surface area contributed by atoms with Crippen LogP contribution >= 0.6 is 34.7 Å². The highest BCUT2D eigenvalue weighted by Gasteiger charge is 2.30. The standard InChI is InChI=1S/C15H14ClNOS2/c16-12-4-1-3-11(9-12)15-17(6-8-20-15)14(18)10-13-5-2-7-19-13/h1-5,7,9,15H,6,8,10H2. The number of nitrogens with zero attached hydrogens (tertiary/aromatic N) is 1. The molecule has 3 rings (SSSR count). The van der Waals surface area contributed by atoms with Crippen LogP contribution in [0.15, 0.2) is 41.8 Å². The minimum atomic E-state index is 0.0983. The zero-order valence-electron chi connectivity index (χ0n) is 10.8. The molecule has 1 aliphatic rings. The fraction of sp³-hybridized carbons (Fsp3) is 0.267. The second-order valence-electron chi connectivity index (χ2n) is 4.62. The third-order valence-electron chi connectivity index (χ3n) is 3.25. The first-order valence-electron chi connectivity index (χ1n) is 6.43. The van der Waals surface area contributed by atoms with Crippen molar-refractivity contribution in [3.05, 3.63) is 57.2 Å². The lowest BCUT2D eigenvalue weighted by Crippen LogP contribution is -2.31. The van der Waals surface area contributed by atoms with Crippen LogP contribution in [0.25, 0.3) is 0 Å². The maximum Gasteiger partial charge on any atom is 0.229 e. The van der Waals surface area contributed by atoms with Crippen LogP contribution in [0, 0.1) is 0 Å². The van der Waals surface area contributed by atoms with E-state index in [4.69, 9.17) is 11.6 Å². The van der Waals surface area contributed by atoms with Gasteiger partial charge in [-0.15, -0.1) is 23.1 Å². The number of benzene rings is 1. The Morgan fingerprint density at radius 1 is 1.35 bits per heavy atom. The molecule has 1 aromatic heterocycles. The van der Waals surface area contributed by atoms with Crippen molar-refractivity contribution < 1.29 is 4.79 Å². The van der Waals surface area contributed by atoms with E-state index in [1.807, 2.05) is 46.7 Å². The molecule has 2 aromatic rings. The second kappa shape index (κ2) is 6.20. The maximum atomic E-state index is 12.5. The van der Waals surface area contributed by atoms with E-state index in [9.17, 15) is 4.79 Å². The normalized spacial score (nSPS) is 18.4. The predicted octanol–water partition coefficient (Wildman–Crippen LogP) is 4.22. The Morgan fingerprint density at radius 2 is 2.25 bits per heavy atom. The number of carbonyl (C=O) groups is 1. The third kappa shape index (κ3) is 3.03. The van der Waals surface area contributed by atoms with Gasteiger partial charge in [0.1, 0.15) is 5.37 Å². The molecule has 0 aliphatic carbocycles. The van der Waals surface area contributed by atoms with Gasteiger partial charge in [0.05, 0.1) is 6.42 Å². The zero-order chi connectivity index (χ0) is 13.9. The van der Waals surface area contributed by atoms with E-state index in [2.05, 4.69) is 0 Å². The number of hydrogen-bond acceptors (Lipinski definition) is 3. The molecule has 0 N–H and O–H groups in total. The summed E-state index contributed by atoms with van der Waals surface area (Å²) in [4.78, 5) is 15.6. The molecule has 2 heterocycles. The topological polar surface area (TPSA) is 20.3 Å². The van der Waals surface area contributed by atoms with Crippen LogP contribution < -0.4 is 0 Å². The van der Waals surface area contributed by atoms with Gasteiger partial charge in [0.2, 0.25) is 5.91 Å². The van der Waals surface area contributed by atoms with E-state index in [0.717, 1.165) is 27.8 Å². The first kappa shape index (κ1) is 14.0. The largest absolute Gasteiger partial charge is 0.325 e. The molecule has 0 spiro atoms. The molecule has 5 heteroatoms.